The molecule has 1 aliphatic heterocycles. The maximum atomic E-state index is 5.94. The number of guanidine groups is 1. The summed E-state index contributed by atoms with van der Waals surface area (Å²) in [5, 5.41) is 3.40. The van der Waals surface area contributed by atoms with Crippen LogP contribution in [0.5, 0.6) is 5.88 Å². The summed E-state index contributed by atoms with van der Waals surface area (Å²) in [6.07, 6.45) is 1.12. The molecule has 2 aromatic rings. The van der Waals surface area contributed by atoms with Crippen molar-refractivity contribution in [2.24, 2.45) is 10.9 Å². The van der Waals surface area contributed by atoms with E-state index in [2.05, 4.69) is 34.3 Å². The number of nitrogens with zero attached hydrogens (tertiary/aromatic N) is 3. The van der Waals surface area contributed by atoms with E-state index in [1.54, 1.807) is 7.11 Å². The zero-order valence-corrected chi connectivity index (χ0v) is 16.8. The summed E-state index contributed by atoms with van der Waals surface area (Å²) in [6.45, 7) is 6.88. The maximum absolute atomic E-state index is 5.94. The third-order valence-electron chi connectivity index (χ3n) is 4.77. The molecule has 1 fully saturated rings. The molecule has 0 bridgehead atoms. The highest BCUT2D eigenvalue weighted by atomic mass is 16.5. The zero-order valence-electron chi connectivity index (χ0n) is 16.8. The average Bonchev–Trinajstić information content (AvgIpc) is 3.21. The molecule has 1 aromatic heterocycles. The third kappa shape index (κ3) is 5.96. The number of likely N-dealkylation sites (tertiary alicyclic amines) is 1. The van der Waals surface area contributed by atoms with E-state index in [1.165, 1.54) is 5.56 Å². The van der Waals surface area contributed by atoms with Gasteiger partial charge < -0.3 is 19.7 Å². The van der Waals surface area contributed by atoms with Gasteiger partial charge in [0.2, 0.25) is 5.88 Å². The van der Waals surface area contributed by atoms with Gasteiger partial charge in [-0.25, -0.2) is 9.98 Å². The molecule has 6 heteroatoms. The summed E-state index contributed by atoms with van der Waals surface area (Å²) >= 11 is 0. The summed E-state index contributed by atoms with van der Waals surface area (Å²) in [7, 11) is 1.63. The Labute approximate surface area is 167 Å². The molecule has 3 rings (SSSR count). The van der Waals surface area contributed by atoms with Gasteiger partial charge in [0.1, 0.15) is 0 Å². The number of aliphatic imine (C=N–C) groups is 1. The minimum atomic E-state index is 0.530. The van der Waals surface area contributed by atoms with Gasteiger partial charge in [-0.3, -0.25) is 0 Å². The Morgan fingerprint density at radius 2 is 2.07 bits per heavy atom. The van der Waals surface area contributed by atoms with Crippen molar-refractivity contribution >= 4 is 5.96 Å². The molecule has 6 nitrogen and oxygen atoms in total. The van der Waals surface area contributed by atoms with Crippen molar-refractivity contribution in [2.75, 3.05) is 33.4 Å². The van der Waals surface area contributed by atoms with E-state index in [0.717, 1.165) is 44.3 Å². The fourth-order valence-corrected chi connectivity index (χ4v) is 3.32. The molecule has 150 valence electrons. The number of rotatable bonds is 8. The molecular weight excluding hydrogens is 352 g/mol. The van der Waals surface area contributed by atoms with Crippen molar-refractivity contribution in [1.82, 2.24) is 15.2 Å². The van der Waals surface area contributed by atoms with E-state index in [1.807, 2.05) is 36.4 Å². The second kappa shape index (κ2) is 10.7. The molecule has 0 aliphatic carbocycles. The Bertz CT molecular complexity index is 751. The maximum Gasteiger partial charge on any atom is 0.213 e. The molecule has 0 saturated carbocycles. The Hall–Kier alpha value is -2.60. The van der Waals surface area contributed by atoms with E-state index < -0.39 is 0 Å². The zero-order chi connectivity index (χ0) is 19.6. The van der Waals surface area contributed by atoms with Crippen LogP contribution in [0.1, 0.15) is 24.6 Å². The first-order valence-electron chi connectivity index (χ1n) is 9.93. The first kappa shape index (κ1) is 20.1. The van der Waals surface area contributed by atoms with Crippen LogP contribution in [0, 0.1) is 5.92 Å². The monoisotopic (exact) mass is 382 g/mol. The van der Waals surface area contributed by atoms with Crippen LogP contribution < -0.4 is 10.1 Å². The quantitative estimate of drug-likeness (QED) is 0.562. The molecule has 1 aliphatic rings. The second-order valence-corrected chi connectivity index (χ2v) is 6.94. The Morgan fingerprint density at radius 3 is 2.86 bits per heavy atom. The lowest BCUT2D eigenvalue weighted by Crippen LogP contribution is -2.40. The molecule has 0 radical (unpaired) electrons. The van der Waals surface area contributed by atoms with Crippen LogP contribution >= 0.6 is 0 Å². The van der Waals surface area contributed by atoms with Crippen LogP contribution in [0.25, 0.3) is 0 Å². The SMILES string of the molecule is CCNC(=NCc1cccc(OC)n1)N1CCC(COCc2ccccc2)C1. The van der Waals surface area contributed by atoms with Crippen molar-refractivity contribution in [1.29, 1.82) is 0 Å². The predicted molar refractivity (Wildman–Crippen MR) is 111 cm³/mol. The van der Waals surface area contributed by atoms with E-state index >= 15 is 0 Å². The van der Waals surface area contributed by atoms with E-state index in [0.29, 0.717) is 24.9 Å². The van der Waals surface area contributed by atoms with Gasteiger partial charge in [-0.1, -0.05) is 36.4 Å². The number of nitrogens with one attached hydrogen (secondary N) is 1. The smallest absolute Gasteiger partial charge is 0.213 e. The summed E-state index contributed by atoms with van der Waals surface area (Å²) in [5.41, 5.74) is 2.12. The third-order valence-corrected chi connectivity index (χ3v) is 4.77. The lowest BCUT2D eigenvalue weighted by molar-refractivity contribution is 0.0906. The van der Waals surface area contributed by atoms with Crippen LogP contribution in [-0.4, -0.2) is 49.2 Å². The normalized spacial score (nSPS) is 17.0. The molecule has 1 atom stereocenters. The molecule has 1 saturated heterocycles. The first-order valence-corrected chi connectivity index (χ1v) is 9.93. The van der Waals surface area contributed by atoms with Gasteiger partial charge in [0.25, 0.3) is 0 Å². The summed E-state index contributed by atoms with van der Waals surface area (Å²) in [4.78, 5) is 11.5. The highest BCUT2D eigenvalue weighted by molar-refractivity contribution is 5.80. The highest BCUT2D eigenvalue weighted by Crippen LogP contribution is 2.18. The van der Waals surface area contributed by atoms with Crippen LogP contribution in [0.4, 0.5) is 0 Å². The minimum absolute atomic E-state index is 0.530. The molecule has 1 aromatic carbocycles. The Kier molecular flexibility index (Phi) is 7.67. The van der Waals surface area contributed by atoms with Crippen molar-refractivity contribution in [3.8, 4) is 5.88 Å². The Morgan fingerprint density at radius 1 is 1.21 bits per heavy atom. The highest BCUT2D eigenvalue weighted by Gasteiger charge is 2.25. The number of benzene rings is 1. The lowest BCUT2D eigenvalue weighted by atomic mass is 10.1. The van der Waals surface area contributed by atoms with Crippen LogP contribution in [0.3, 0.4) is 0 Å². The lowest BCUT2D eigenvalue weighted by Gasteiger charge is -2.21. The summed E-state index contributed by atoms with van der Waals surface area (Å²) in [5.74, 6) is 2.09. The second-order valence-electron chi connectivity index (χ2n) is 6.94. The molecule has 0 amide bonds. The Balaban J connectivity index is 1.51. The first-order chi connectivity index (χ1) is 13.8. The van der Waals surface area contributed by atoms with Crippen LogP contribution in [0.15, 0.2) is 53.5 Å². The standard InChI is InChI=1S/C22H30N4O2/c1-3-23-22(24-14-20-10-7-11-21(25-20)27-2)26-13-12-19(15-26)17-28-16-18-8-5-4-6-9-18/h4-11,19H,3,12-17H2,1-2H3,(H,23,24). The van der Waals surface area contributed by atoms with Gasteiger partial charge >= 0.3 is 0 Å². The van der Waals surface area contributed by atoms with E-state index in [4.69, 9.17) is 14.5 Å². The van der Waals surface area contributed by atoms with Crippen molar-refractivity contribution < 1.29 is 9.47 Å². The van der Waals surface area contributed by atoms with Crippen molar-refractivity contribution in [2.45, 2.75) is 26.5 Å². The number of ether oxygens (including phenoxy) is 2. The van der Waals surface area contributed by atoms with Crippen molar-refractivity contribution in [3.63, 3.8) is 0 Å². The van der Waals surface area contributed by atoms with E-state index in [-0.39, 0.29) is 0 Å². The molecule has 1 N–H and O–H groups in total. The number of pyridine rings is 1. The molecule has 0 spiro atoms. The fourth-order valence-electron chi connectivity index (χ4n) is 3.32. The predicted octanol–water partition coefficient (Wildman–Crippen LogP) is 3.09. The van der Waals surface area contributed by atoms with Gasteiger partial charge in [-0.2, -0.15) is 0 Å². The molecule has 1 unspecified atom stereocenters. The number of aromatic nitrogens is 1. The molecule has 2 heterocycles. The fraction of sp³-hybridized carbons (Fsp3) is 0.455. The van der Waals surface area contributed by atoms with E-state index in [9.17, 15) is 0 Å². The number of hydrogen-bond acceptors (Lipinski definition) is 4. The van der Waals surface area contributed by atoms with Crippen LogP contribution in [-0.2, 0) is 17.9 Å². The summed E-state index contributed by atoms with van der Waals surface area (Å²) in [6, 6.07) is 16.1. The average molecular weight is 383 g/mol. The van der Waals surface area contributed by atoms with Gasteiger partial charge in [0.15, 0.2) is 5.96 Å². The largest absolute Gasteiger partial charge is 0.481 e. The van der Waals surface area contributed by atoms with Crippen LogP contribution in [0.2, 0.25) is 0 Å². The van der Waals surface area contributed by atoms with Gasteiger partial charge in [0, 0.05) is 31.6 Å². The van der Waals surface area contributed by atoms with Gasteiger partial charge in [-0.05, 0) is 25.0 Å². The summed E-state index contributed by atoms with van der Waals surface area (Å²) < 4.78 is 11.1. The number of methoxy groups -OCH3 is 1. The van der Waals surface area contributed by atoms with Gasteiger partial charge in [-0.15, -0.1) is 0 Å². The van der Waals surface area contributed by atoms with Crippen molar-refractivity contribution in [3.05, 3.63) is 59.8 Å². The topological polar surface area (TPSA) is 59.0 Å². The minimum Gasteiger partial charge on any atom is -0.481 e. The van der Waals surface area contributed by atoms with Gasteiger partial charge in [0.05, 0.1) is 32.6 Å². The number of hydrogen-bond donors (Lipinski definition) is 1. The molecular formula is C22H30N4O2. The molecule has 28 heavy (non-hydrogen) atoms.